The Labute approximate surface area is 329 Å². The Bertz CT molecular complexity index is 2050. The van der Waals surface area contributed by atoms with E-state index in [9.17, 15) is 40.8 Å². The summed E-state index contributed by atoms with van der Waals surface area (Å²) in [5, 5.41) is 5.94. The van der Waals surface area contributed by atoms with Crippen LogP contribution in [-0.2, 0) is 41.7 Å². The minimum absolute atomic E-state index is 0.0999. The number of carbonyl (C=O) groups is 4. The number of aromatic nitrogens is 1. The van der Waals surface area contributed by atoms with Gasteiger partial charge in [-0.15, -0.1) is 0 Å². The normalized spacial score (nSPS) is 28.1. The van der Waals surface area contributed by atoms with E-state index < -0.39 is 85.8 Å². The van der Waals surface area contributed by atoms with Crippen molar-refractivity contribution in [1.82, 2.24) is 25.2 Å². The number of ether oxygens (including phenoxy) is 2. The number of carbonyl (C=O) groups excluding carboxylic acids is 4. The van der Waals surface area contributed by atoms with Crippen LogP contribution in [0.5, 0.6) is 5.75 Å². The van der Waals surface area contributed by atoms with Crippen molar-refractivity contribution < 1.29 is 50.2 Å². The second kappa shape index (κ2) is 15.7. The number of halogens is 3. The van der Waals surface area contributed by atoms with Crippen LogP contribution in [0, 0.1) is 5.92 Å². The van der Waals surface area contributed by atoms with Gasteiger partial charge in [-0.05, 0) is 83.6 Å². The molecule has 1 aromatic heterocycles. The van der Waals surface area contributed by atoms with Gasteiger partial charge in [-0.25, -0.2) is 18.2 Å². The van der Waals surface area contributed by atoms with Crippen molar-refractivity contribution >= 4 is 44.7 Å². The highest BCUT2D eigenvalue weighted by molar-refractivity contribution is 7.91. The summed E-state index contributed by atoms with van der Waals surface area (Å²) in [6.45, 7) is 2.91. The Morgan fingerprint density at radius 3 is 2.46 bits per heavy atom. The van der Waals surface area contributed by atoms with E-state index in [1.807, 2.05) is 6.08 Å². The lowest BCUT2D eigenvalue weighted by Crippen LogP contribution is -2.58. The van der Waals surface area contributed by atoms with Gasteiger partial charge in [-0.2, -0.15) is 13.2 Å². The number of fused-ring (bicyclic) bond motifs is 3. The minimum Gasteiger partial charge on any atom is -0.486 e. The van der Waals surface area contributed by atoms with Gasteiger partial charge in [-0.3, -0.25) is 19.1 Å². The first-order valence-electron chi connectivity index (χ1n) is 20.0. The van der Waals surface area contributed by atoms with Crippen LogP contribution in [0.15, 0.2) is 36.4 Å². The summed E-state index contributed by atoms with van der Waals surface area (Å²) in [5.74, 6) is -3.40. The number of nitrogens with one attached hydrogen (secondary N) is 3. The highest BCUT2D eigenvalue weighted by atomic mass is 32.2. The topological polar surface area (TPSA) is 173 Å². The summed E-state index contributed by atoms with van der Waals surface area (Å²) >= 11 is 0. The molecule has 3 heterocycles. The van der Waals surface area contributed by atoms with Crippen molar-refractivity contribution in [1.29, 1.82) is 0 Å². The van der Waals surface area contributed by atoms with Gasteiger partial charge in [0.25, 0.3) is 5.91 Å². The number of alkyl carbamates (subject to hydrolysis) is 1. The zero-order valence-corrected chi connectivity index (χ0v) is 33.0. The molecule has 310 valence electrons. The third-order valence-corrected chi connectivity index (χ3v) is 14.4. The van der Waals surface area contributed by atoms with Crippen molar-refractivity contribution in [2.45, 2.75) is 144 Å². The average molecular weight is 818 g/mol. The number of hydrogen-bond acceptors (Lipinski definition) is 9. The molecule has 4 amide bonds. The summed E-state index contributed by atoms with van der Waals surface area (Å²) < 4.78 is 83.1. The van der Waals surface area contributed by atoms with Gasteiger partial charge in [0, 0.05) is 23.3 Å². The molecule has 1 aromatic carbocycles. The van der Waals surface area contributed by atoms with Gasteiger partial charge in [0.1, 0.15) is 29.8 Å². The summed E-state index contributed by atoms with van der Waals surface area (Å²) in [5.41, 5.74) is -2.49. The number of nitrogens with zero attached hydrogens (tertiary/aromatic N) is 2. The molecule has 17 heteroatoms. The Kier molecular flexibility index (Phi) is 11.3. The predicted octanol–water partition coefficient (Wildman–Crippen LogP) is 5.60. The number of amides is 4. The van der Waals surface area contributed by atoms with Crippen LogP contribution in [0.1, 0.15) is 109 Å². The second-order valence-electron chi connectivity index (χ2n) is 16.3. The fourth-order valence-corrected chi connectivity index (χ4v) is 9.69. The van der Waals surface area contributed by atoms with E-state index in [0.29, 0.717) is 50.3 Å². The minimum atomic E-state index is -4.90. The largest absolute Gasteiger partial charge is 0.486 e. The Balaban J connectivity index is 1.22. The molecule has 0 bridgehead atoms. The van der Waals surface area contributed by atoms with Gasteiger partial charge < -0.3 is 25.0 Å². The number of rotatable bonds is 8. The lowest BCUT2D eigenvalue weighted by Gasteiger charge is -2.30. The van der Waals surface area contributed by atoms with E-state index in [1.165, 1.54) is 17.9 Å². The lowest BCUT2D eigenvalue weighted by molar-refractivity contribution is -0.143. The van der Waals surface area contributed by atoms with Crippen LogP contribution in [0.25, 0.3) is 10.9 Å². The molecule has 2 aromatic rings. The standard InChI is InChI=1S/C40H50F3N5O8S/c1-3-27-28-16-11-12-17-29(28)44-33(40(41,42)43)32(27)55-26-21-31-34(49)46-39(36(51)47-57(53,54)38(2)19-20-38)22-24(39)13-7-5-4-6-8-18-30(35(50)48(31)23-26)45-37(52)56-25-14-9-10-15-25/h7,11-13,16-17,24-26,30-31H,3-6,8-10,14-15,18-23H2,1-2H3,(H,45,52)(H,46,49)(H,47,51). The molecule has 5 unspecified atom stereocenters. The molecule has 4 fully saturated rings. The predicted molar refractivity (Wildman–Crippen MR) is 202 cm³/mol. The summed E-state index contributed by atoms with van der Waals surface area (Å²) in [4.78, 5) is 61.1. The number of sulfonamides is 1. The third kappa shape index (κ3) is 8.44. The van der Waals surface area contributed by atoms with Crippen molar-refractivity contribution in [3.63, 3.8) is 0 Å². The molecule has 3 N–H and O–H groups in total. The van der Waals surface area contributed by atoms with Crippen LogP contribution in [0.4, 0.5) is 18.0 Å². The summed E-state index contributed by atoms with van der Waals surface area (Å²) in [6, 6.07) is 3.91. The number of benzene rings is 1. The summed E-state index contributed by atoms with van der Waals surface area (Å²) in [6.07, 6.45) is 3.31. The van der Waals surface area contributed by atoms with Crippen molar-refractivity contribution in [2.75, 3.05) is 6.54 Å². The highest BCUT2D eigenvalue weighted by Gasteiger charge is 2.63. The molecule has 0 spiro atoms. The fourth-order valence-electron chi connectivity index (χ4n) is 8.38. The maximum Gasteiger partial charge on any atom is 0.437 e. The van der Waals surface area contributed by atoms with Crippen LogP contribution >= 0.6 is 0 Å². The number of alkyl halides is 3. The van der Waals surface area contributed by atoms with E-state index in [0.717, 1.165) is 19.3 Å². The Morgan fingerprint density at radius 2 is 1.75 bits per heavy atom. The van der Waals surface area contributed by atoms with Gasteiger partial charge in [0.2, 0.25) is 21.8 Å². The van der Waals surface area contributed by atoms with E-state index in [1.54, 1.807) is 31.2 Å². The molecule has 1 saturated heterocycles. The van der Waals surface area contributed by atoms with E-state index in [2.05, 4.69) is 20.3 Å². The van der Waals surface area contributed by atoms with E-state index >= 15 is 0 Å². The highest BCUT2D eigenvalue weighted by Crippen LogP contribution is 2.48. The van der Waals surface area contributed by atoms with Gasteiger partial charge in [-0.1, -0.05) is 50.1 Å². The zero-order chi connectivity index (χ0) is 40.8. The Hall–Kier alpha value is -4.41. The number of allylic oxidation sites excluding steroid dienone is 1. The van der Waals surface area contributed by atoms with Gasteiger partial charge in [0.05, 0.1) is 16.8 Å². The molecular formula is C40H50F3N5O8S. The molecule has 7 rings (SSSR count). The fraction of sp³-hybridized carbons (Fsp3) is 0.625. The van der Waals surface area contributed by atoms with Crippen LogP contribution in [-0.4, -0.2) is 83.2 Å². The molecule has 5 atom stereocenters. The van der Waals surface area contributed by atoms with Crippen LogP contribution in [0.3, 0.4) is 0 Å². The quantitative estimate of drug-likeness (QED) is 0.287. The molecule has 57 heavy (non-hydrogen) atoms. The SMILES string of the molecule is CCc1c(OC2CC3C(=O)NC4(C(=O)NS(=O)(=O)C5(C)CC5)CC4C=CCCCCCC(NC(=O)OC4CCCC4)C(=O)N3C2)c(C(F)(F)F)nc2ccccc12. The second-order valence-corrected chi connectivity index (χ2v) is 18.5. The molecular weight excluding hydrogens is 768 g/mol. The zero-order valence-electron chi connectivity index (χ0n) is 32.2. The Morgan fingerprint density at radius 1 is 1.04 bits per heavy atom. The lowest BCUT2D eigenvalue weighted by atomic mass is 10.0. The number of pyridine rings is 1. The first-order chi connectivity index (χ1) is 27.0. The smallest absolute Gasteiger partial charge is 0.437 e. The van der Waals surface area contributed by atoms with E-state index in [-0.39, 0.29) is 49.4 Å². The number of hydrogen-bond donors (Lipinski definition) is 3. The van der Waals surface area contributed by atoms with Crippen LogP contribution < -0.4 is 20.1 Å². The van der Waals surface area contributed by atoms with Crippen molar-refractivity contribution in [2.24, 2.45) is 5.92 Å². The number of para-hydroxylation sites is 1. The molecule has 3 saturated carbocycles. The molecule has 13 nitrogen and oxygen atoms in total. The molecule has 5 aliphatic rings. The van der Waals surface area contributed by atoms with Crippen LogP contribution in [0.2, 0.25) is 0 Å². The van der Waals surface area contributed by atoms with Gasteiger partial charge >= 0.3 is 12.3 Å². The maximum absolute atomic E-state index is 14.6. The first-order valence-corrected chi connectivity index (χ1v) is 21.5. The van der Waals surface area contributed by atoms with E-state index in [4.69, 9.17) is 9.47 Å². The molecule has 2 aliphatic heterocycles. The molecule has 3 aliphatic carbocycles. The maximum atomic E-state index is 14.6. The van der Waals surface area contributed by atoms with Crippen molar-refractivity contribution in [3.05, 3.63) is 47.7 Å². The average Bonchev–Trinajstić information content (AvgIpc) is 3.93. The first kappa shape index (κ1) is 40.8. The number of aryl methyl sites for hydroxylation is 1. The third-order valence-electron chi connectivity index (χ3n) is 12.2. The monoisotopic (exact) mass is 817 g/mol. The van der Waals surface area contributed by atoms with Gasteiger partial charge in [0.15, 0.2) is 11.4 Å². The van der Waals surface area contributed by atoms with Crippen molar-refractivity contribution in [3.8, 4) is 5.75 Å². The molecule has 0 radical (unpaired) electrons. The summed E-state index contributed by atoms with van der Waals surface area (Å²) in [7, 11) is -4.08.